The molecule has 0 aliphatic heterocycles. The standard InChI is InChI=1S/C17H8Cl2N2O2S/c18-9-5-6-10(13(19)7-9)15(22)12(8-20)17-21-16(23)11-3-1-2-4-14(11)24-17/h1-7,22H. The van der Waals surface area contributed by atoms with Crippen LogP contribution in [0.5, 0.6) is 0 Å². The Bertz CT molecular complexity index is 1080. The summed E-state index contributed by atoms with van der Waals surface area (Å²) in [5.41, 5.74) is -0.332. The Labute approximate surface area is 150 Å². The van der Waals surface area contributed by atoms with Gasteiger partial charge in [0.1, 0.15) is 22.4 Å². The van der Waals surface area contributed by atoms with Gasteiger partial charge in [0.15, 0.2) is 0 Å². The maximum absolute atomic E-state index is 12.1. The van der Waals surface area contributed by atoms with Crippen LogP contribution in [0.25, 0.3) is 21.4 Å². The zero-order valence-electron chi connectivity index (χ0n) is 12.0. The highest BCUT2D eigenvalue weighted by Crippen LogP contribution is 2.32. The minimum Gasteiger partial charge on any atom is -0.506 e. The molecule has 3 rings (SSSR count). The number of allylic oxidation sites excluding steroid dienone is 1. The number of halogens is 2. The van der Waals surface area contributed by atoms with Crippen LogP contribution in [0.4, 0.5) is 0 Å². The molecule has 0 bridgehead atoms. The Kier molecular flexibility index (Phi) is 4.54. The Morgan fingerprint density at radius 1 is 1.21 bits per heavy atom. The van der Waals surface area contributed by atoms with Crippen LogP contribution < -0.4 is 5.56 Å². The Morgan fingerprint density at radius 2 is 1.96 bits per heavy atom. The summed E-state index contributed by atoms with van der Waals surface area (Å²) in [5.74, 6) is -0.349. The van der Waals surface area contributed by atoms with Crippen molar-refractivity contribution in [3.05, 3.63) is 73.4 Å². The lowest BCUT2D eigenvalue weighted by molar-refractivity contribution is 0.514. The van der Waals surface area contributed by atoms with E-state index in [1.54, 1.807) is 30.3 Å². The van der Waals surface area contributed by atoms with Crippen molar-refractivity contribution in [1.82, 2.24) is 4.98 Å². The normalized spacial score (nSPS) is 11.9. The van der Waals surface area contributed by atoms with Crippen molar-refractivity contribution in [2.24, 2.45) is 0 Å². The van der Waals surface area contributed by atoms with E-state index in [-0.39, 0.29) is 26.9 Å². The number of aliphatic hydroxyl groups is 1. The molecule has 0 amide bonds. The van der Waals surface area contributed by atoms with Gasteiger partial charge in [0.05, 0.1) is 10.4 Å². The molecule has 0 spiro atoms. The van der Waals surface area contributed by atoms with Crippen LogP contribution in [0, 0.1) is 11.3 Å². The number of rotatable bonds is 2. The van der Waals surface area contributed by atoms with Crippen LogP contribution in [0.15, 0.2) is 47.3 Å². The summed E-state index contributed by atoms with van der Waals surface area (Å²) >= 11 is 13.1. The molecule has 0 fully saturated rings. The molecule has 0 atom stereocenters. The van der Waals surface area contributed by atoms with Crippen molar-refractivity contribution >= 4 is 56.0 Å². The summed E-state index contributed by atoms with van der Waals surface area (Å²) < 4.78 is 0.676. The molecule has 0 radical (unpaired) electrons. The van der Waals surface area contributed by atoms with Gasteiger partial charge in [-0.3, -0.25) is 4.79 Å². The molecule has 0 saturated carbocycles. The van der Waals surface area contributed by atoms with E-state index in [2.05, 4.69) is 4.98 Å². The first-order chi connectivity index (χ1) is 11.5. The highest BCUT2D eigenvalue weighted by Gasteiger charge is 2.17. The van der Waals surface area contributed by atoms with E-state index in [0.29, 0.717) is 15.1 Å². The third-order valence-electron chi connectivity index (χ3n) is 3.28. The molecule has 0 aliphatic rings. The van der Waals surface area contributed by atoms with E-state index in [1.165, 1.54) is 12.1 Å². The molecule has 2 aromatic carbocycles. The minimum atomic E-state index is -0.456. The maximum atomic E-state index is 12.1. The second kappa shape index (κ2) is 6.62. The second-order valence-electron chi connectivity index (χ2n) is 4.78. The van der Waals surface area contributed by atoms with Crippen molar-refractivity contribution in [3.8, 4) is 6.07 Å². The first kappa shape index (κ1) is 16.5. The van der Waals surface area contributed by atoms with E-state index in [9.17, 15) is 15.2 Å². The summed E-state index contributed by atoms with van der Waals surface area (Å²) in [6.07, 6.45) is 0. The first-order valence-corrected chi connectivity index (χ1v) is 8.27. The molecular formula is C17H8Cl2N2O2S. The fourth-order valence-electron chi connectivity index (χ4n) is 2.14. The Balaban J connectivity index is 2.25. The maximum Gasteiger partial charge on any atom is 0.279 e. The zero-order valence-corrected chi connectivity index (χ0v) is 14.3. The lowest BCUT2D eigenvalue weighted by atomic mass is 10.1. The summed E-state index contributed by atoms with van der Waals surface area (Å²) in [6.45, 7) is 0. The highest BCUT2D eigenvalue weighted by molar-refractivity contribution is 7.19. The van der Waals surface area contributed by atoms with Gasteiger partial charge in [-0.15, -0.1) is 11.3 Å². The number of nitrogens with zero attached hydrogens (tertiary/aromatic N) is 2. The minimum absolute atomic E-state index is 0.118. The lowest BCUT2D eigenvalue weighted by Crippen LogP contribution is -2.07. The van der Waals surface area contributed by atoms with E-state index in [4.69, 9.17) is 23.2 Å². The van der Waals surface area contributed by atoms with Crippen molar-refractivity contribution < 1.29 is 5.11 Å². The van der Waals surface area contributed by atoms with E-state index < -0.39 is 5.56 Å². The van der Waals surface area contributed by atoms with Crippen molar-refractivity contribution in [2.75, 3.05) is 0 Å². The average molecular weight is 375 g/mol. The number of aromatic nitrogens is 1. The van der Waals surface area contributed by atoms with E-state index in [0.717, 1.165) is 11.3 Å². The van der Waals surface area contributed by atoms with Crippen LogP contribution in [0.2, 0.25) is 10.0 Å². The molecule has 1 N–H and O–H groups in total. The molecule has 3 aromatic rings. The number of nitriles is 1. The van der Waals surface area contributed by atoms with Crippen LogP contribution in [-0.2, 0) is 0 Å². The predicted molar refractivity (Wildman–Crippen MR) is 97.4 cm³/mol. The number of fused-ring (bicyclic) bond motifs is 1. The van der Waals surface area contributed by atoms with Gasteiger partial charge >= 0.3 is 0 Å². The largest absolute Gasteiger partial charge is 0.506 e. The molecule has 118 valence electrons. The SMILES string of the molecule is N#CC(=C(O)c1ccc(Cl)cc1Cl)c1nc(=O)c2ccccc2s1. The first-order valence-electron chi connectivity index (χ1n) is 6.70. The van der Waals surface area contributed by atoms with Crippen molar-refractivity contribution in [2.45, 2.75) is 0 Å². The van der Waals surface area contributed by atoms with Crippen molar-refractivity contribution in [1.29, 1.82) is 5.26 Å². The Morgan fingerprint density at radius 3 is 2.67 bits per heavy atom. The van der Waals surface area contributed by atoms with Gasteiger partial charge in [0, 0.05) is 15.3 Å². The smallest absolute Gasteiger partial charge is 0.279 e. The third kappa shape index (κ3) is 3.00. The van der Waals surface area contributed by atoms with Crippen LogP contribution in [-0.4, -0.2) is 10.1 Å². The number of aliphatic hydroxyl groups excluding tert-OH is 1. The topological polar surface area (TPSA) is 74.0 Å². The number of benzene rings is 2. The van der Waals surface area contributed by atoms with Gasteiger partial charge in [0.25, 0.3) is 5.56 Å². The molecule has 0 saturated heterocycles. The fraction of sp³-hybridized carbons (Fsp3) is 0. The van der Waals surface area contributed by atoms with Gasteiger partial charge in [-0.25, -0.2) is 0 Å². The molecule has 24 heavy (non-hydrogen) atoms. The average Bonchev–Trinajstić information content (AvgIpc) is 2.55. The molecule has 1 heterocycles. The molecule has 0 unspecified atom stereocenters. The summed E-state index contributed by atoms with van der Waals surface area (Å²) in [5, 5.41) is 21.1. The van der Waals surface area contributed by atoms with E-state index >= 15 is 0 Å². The molecule has 4 nitrogen and oxygen atoms in total. The highest BCUT2D eigenvalue weighted by atomic mass is 35.5. The predicted octanol–water partition coefficient (Wildman–Crippen LogP) is 4.91. The Hall–Kier alpha value is -2.39. The summed E-state index contributed by atoms with van der Waals surface area (Å²) in [7, 11) is 0. The molecule has 7 heteroatoms. The van der Waals surface area contributed by atoms with Gasteiger partial charge in [-0.05, 0) is 30.3 Å². The number of hydrogen-bond acceptors (Lipinski definition) is 5. The number of hydrogen-bond donors (Lipinski definition) is 1. The molecular weight excluding hydrogens is 367 g/mol. The van der Waals surface area contributed by atoms with Gasteiger partial charge < -0.3 is 5.11 Å². The monoisotopic (exact) mass is 374 g/mol. The molecule has 0 aliphatic carbocycles. The van der Waals surface area contributed by atoms with Crippen LogP contribution in [0.1, 0.15) is 10.6 Å². The fourth-order valence-corrected chi connectivity index (χ4v) is 3.63. The van der Waals surface area contributed by atoms with Crippen LogP contribution >= 0.6 is 34.5 Å². The third-order valence-corrected chi connectivity index (χ3v) is 4.89. The van der Waals surface area contributed by atoms with Gasteiger partial charge in [-0.2, -0.15) is 10.2 Å². The van der Waals surface area contributed by atoms with Gasteiger partial charge in [0.2, 0.25) is 0 Å². The quantitative estimate of drug-likeness (QED) is 0.510. The zero-order chi connectivity index (χ0) is 17.3. The van der Waals surface area contributed by atoms with Gasteiger partial charge in [-0.1, -0.05) is 35.3 Å². The van der Waals surface area contributed by atoms with Crippen molar-refractivity contribution in [3.63, 3.8) is 0 Å². The second-order valence-corrected chi connectivity index (χ2v) is 6.65. The van der Waals surface area contributed by atoms with Crippen LogP contribution in [0.3, 0.4) is 0 Å². The van der Waals surface area contributed by atoms with E-state index in [1.807, 2.05) is 6.07 Å². The summed E-state index contributed by atoms with van der Waals surface area (Å²) in [4.78, 5) is 16.0. The molecule has 1 aromatic heterocycles. The lowest BCUT2D eigenvalue weighted by Gasteiger charge is -2.07. The summed E-state index contributed by atoms with van der Waals surface area (Å²) in [6, 6.07) is 13.3.